The third-order valence-electron chi connectivity index (χ3n) is 5.62. The van der Waals surface area contributed by atoms with Gasteiger partial charge in [-0.1, -0.05) is 59.1 Å². The third kappa shape index (κ3) is 2.82. The van der Waals surface area contributed by atoms with Gasteiger partial charge >= 0.3 is 5.97 Å². The molecule has 128 valence electrons. The molecule has 1 fully saturated rings. The second kappa shape index (κ2) is 6.41. The van der Waals surface area contributed by atoms with E-state index in [1.54, 1.807) is 0 Å². The lowest BCUT2D eigenvalue weighted by Gasteiger charge is -2.40. The number of rotatable bonds is 3. The van der Waals surface area contributed by atoms with Gasteiger partial charge in [0.1, 0.15) is 5.75 Å². The average molecular weight is 399 g/mol. The topological polar surface area (TPSA) is 43.4 Å². The van der Waals surface area contributed by atoms with Crippen LogP contribution in [0.4, 0.5) is 0 Å². The normalized spacial score (nSPS) is 21.0. The van der Waals surface area contributed by atoms with Crippen LogP contribution in [0.2, 0.25) is 0 Å². The smallest absolute Gasteiger partial charge is 0.318 e. The van der Waals surface area contributed by atoms with Gasteiger partial charge in [0.15, 0.2) is 5.78 Å². The summed E-state index contributed by atoms with van der Waals surface area (Å²) in [6.45, 7) is 0. The lowest BCUT2D eigenvalue weighted by atomic mass is 9.67. The number of hydrogen-bond acceptors (Lipinski definition) is 3. The second-order valence-electron chi connectivity index (χ2n) is 6.98. The van der Waals surface area contributed by atoms with Crippen molar-refractivity contribution in [2.75, 3.05) is 0 Å². The molecule has 2 aromatic carbocycles. The Morgan fingerprint density at radius 2 is 1.76 bits per heavy atom. The van der Waals surface area contributed by atoms with Gasteiger partial charge in [-0.05, 0) is 36.6 Å². The van der Waals surface area contributed by atoms with Crippen molar-refractivity contribution in [3.63, 3.8) is 0 Å². The van der Waals surface area contributed by atoms with E-state index in [2.05, 4.69) is 15.9 Å². The average Bonchev–Trinajstić information content (AvgIpc) is 3.10. The first-order valence-electron chi connectivity index (χ1n) is 8.70. The molecular weight excluding hydrogens is 380 g/mol. The SMILES string of the molecule is O=C(CC1c2ccccc2OC(=O)C12CCCC2)c1ccc(Br)cc1. The monoisotopic (exact) mass is 398 g/mol. The van der Waals surface area contributed by atoms with Crippen molar-refractivity contribution in [2.45, 2.75) is 38.0 Å². The lowest BCUT2D eigenvalue weighted by Crippen LogP contribution is -2.42. The number of para-hydroxylation sites is 1. The molecule has 0 N–H and O–H groups in total. The van der Waals surface area contributed by atoms with E-state index in [-0.39, 0.29) is 17.7 Å². The van der Waals surface area contributed by atoms with Gasteiger partial charge in [-0.25, -0.2) is 0 Å². The van der Waals surface area contributed by atoms with E-state index in [9.17, 15) is 9.59 Å². The number of hydrogen-bond donors (Lipinski definition) is 0. The van der Waals surface area contributed by atoms with Crippen LogP contribution in [-0.2, 0) is 4.79 Å². The molecule has 1 unspecified atom stereocenters. The number of carbonyl (C=O) groups excluding carboxylic acids is 2. The van der Waals surface area contributed by atoms with E-state index in [1.165, 1.54) is 0 Å². The third-order valence-corrected chi connectivity index (χ3v) is 6.15. The maximum atomic E-state index is 12.9. The first kappa shape index (κ1) is 16.5. The Hall–Kier alpha value is -1.94. The summed E-state index contributed by atoms with van der Waals surface area (Å²) in [5, 5.41) is 0. The molecule has 3 nitrogen and oxygen atoms in total. The summed E-state index contributed by atoms with van der Waals surface area (Å²) in [5.41, 5.74) is 1.14. The van der Waals surface area contributed by atoms with Crippen molar-refractivity contribution in [3.05, 3.63) is 64.1 Å². The predicted molar refractivity (Wildman–Crippen MR) is 98.8 cm³/mol. The number of benzene rings is 2. The minimum absolute atomic E-state index is 0.0771. The minimum Gasteiger partial charge on any atom is -0.426 e. The number of halogens is 1. The number of ether oxygens (including phenoxy) is 1. The molecule has 0 aromatic heterocycles. The summed E-state index contributed by atoms with van der Waals surface area (Å²) >= 11 is 3.40. The summed E-state index contributed by atoms with van der Waals surface area (Å²) < 4.78 is 6.59. The van der Waals surface area contributed by atoms with Crippen LogP contribution in [0, 0.1) is 5.41 Å². The molecule has 2 aliphatic rings. The number of esters is 1. The quantitative estimate of drug-likeness (QED) is 0.401. The van der Waals surface area contributed by atoms with Gasteiger partial charge in [0.25, 0.3) is 0 Å². The van der Waals surface area contributed by atoms with Crippen molar-refractivity contribution in [3.8, 4) is 5.75 Å². The summed E-state index contributed by atoms with van der Waals surface area (Å²) in [6, 6.07) is 15.1. The Bertz CT molecular complexity index is 819. The standard InChI is InChI=1S/C21H19BrO3/c22-15-9-7-14(8-10-15)18(23)13-17-16-5-1-2-6-19(16)25-20(24)21(17)11-3-4-12-21/h1-2,5-10,17H,3-4,11-13H2. The zero-order valence-corrected chi connectivity index (χ0v) is 15.4. The van der Waals surface area contributed by atoms with E-state index in [4.69, 9.17) is 4.74 Å². The molecule has 1 aliphatic heterocycles. The van der Waals surface area contributed by atoms with E-state index in [1.807, 2.05) is 48.5 Å². The van der Waals surface area contributed by atoms with Crippen molar-refractivity contribution < 1.29 is 14.3 Å². The molecule has 4 rings (SSSR count). The van der Waals surface area contributed by atoms with Crippen LogP contribution in [-0.4, -0.2) is 11.8 Å². The molecule has 1 aliphatic carbocycles. The highest BCUT2D eigenvalue weighted by atomic mass is 79.9. The highest BCUT2D eigenvalue weighted by Gasteiger charge is 2.53. The highest BCUT2D eigenvalue weighted by Crippen LogP contribution is 2.55. The fraction of sp³-hybridized carbons (Fsp3) is 0.333. The number of fused-ring (bicyclic) bond motifs is 1. The van der Waals surface area contributed by atoms with Gasteiger partial charge in [-0.2, -0.15) is 0 Å². The fourth-order valence-electron chi connectivity index (χ4n) is 4.31. The largest absolute Gasteiger partial charge is 0.426 e. The molecular formula is C21H19BrO3. The zero-order valence-electron chi connectivity index (χ0n) is 13.8. The molecule has 0 amide bonds. The second-order valence-corrected chi connectivity index (χ2v) is 7.89. The van der Waals surface area contributed by atoms with Gasteiger partial charge in [-0.3, -0.25) is 9.59 Å². The molecule has 4 heteroatoms. The van der Waals surface area contributed by atoms with Crippen LogP contribution in [0.1, 0.15) is 53.9 Å². The molecule has 0 radical (unpaired) electrons. The first-order valence-corrected chi connectivity index (χ1v) is 9.49. The van der Waals surface area contributed by atoms with E-state index in [0.29, 0.717) is 17.7 Å². The Balaban J connectivity index is 1.72. The number of carbonyl (C=O) groups is 2. The van der Waals surface area contributed by atoms with E-state index < -0.39 is 5.41 Å². The van der Waals surface area contributed by atoms with Crippen molar-refractivity contribution in [1.29, 1.82) is 0 Å². The summed E-state index contributed by atoms with van der Waals surface area (Å²) in [4.78, 5) is 25.7. The van der Waals surface area contributed by atoms with Gasteiger partial charge in [-0.15, -0.1) is 0 Å². The molecule has 1 spiro atoms. The Morgan fingerprint density at radius 3 is 2.48 bits per heavy atom. The first-order chi connectivity index (χ1) is 12.1. The Labute approximate surface area is 155 Å². The predicted octanol–water partition coefficient (Wildman–Crippen LogP) is 5.29. The van der Waals surface area contributed by atoms with Crippen molar-refractivity contribution in [1.82, 2.24) is 0 Å². The van der Waals surface area contributed by atoms with Crippen LogP contribution in [0.15, 0.2) is 53.0 Å². The zero-order chi connectivity index (χ0) is 17.4. The minimum atomic E-state index is -0.542. The molecule has 1 heterocycles. The summed E-state index contributed by atoms with van der Waals surface area (Å²) in [7, 11) is 0. The van der Waals surface area contributed by atoms with Crippen LogP contribution in [0.5, 0.6) is 5.75 Å². The van der Waals surface area contributed by atoms with Gasteiger partial charge in [0, 0.05) is 22.4 Å². The molecule has 0 bridgehead atoms. The molecule has 2 aromatic rings. The Morgan fingerprint density at radius 1 is 1.08 bits per heavy atom. The molecule has 0 saturated heterocycles. The van der Waals surface area contributed by atoms with Crippen molar-refractivity contribution >= 4 is 27.7 Å². The van der Waals surface area contributed by atoms with Crippen LogP contribution >= 0.6 is 15.9 Å². The molecule has 1 saturated carbocycles. The summed E-state index contributed by atoms with van der Waals surface area (Å²) in [5.74, 6) is 0.424. The van der Waals surface area contributed by atoms with Gasteiger partial charge < -0.3 is 4.74 Å². The van der Waals surface area contributed by atoms with Crippen LogP contribution < -0.4 is 4.74 Å². The maximum absolute atomic E-state index is 12.9. The molecule has 1 atom stereocenters. The van der Waals surface area contributed by atoms with E-state index in [0.717, 1.165) is 35.7 Å². The van der Waals surface area contributed by atoms with Crippen LogP contribution in [0.25, 0.3) is 0 Å². The number of ketones is 1. The van der Waals surface area contributed by atoms with E-state index >= 15 is 0 Å². The molecule has 25 heavy (non-hydrogen) atoms. The van der Waals surface area contributed by atoms with Gasteiger partial charge in [0.2, 0.25) is 0 Å². The lowest BCUT2D eigenvalue weighted by molar-refractivity contribution is -0.149. The van der Waals surface area contributed by atoms with Crippen molar-refractivity contribution in [2.24, 2.45) is 5.41 Å². The van der Waals surface area contributed by atoms with Gasteiger partial charge in [0.05, 0.1) is 5.41 Å². The summed E-state index contributed by atoms with van der Waals surface area (Å²) in [6.07, 6.45) is 3.98. The Kier molecular flexibility index (Phi) is 4.24. The fourth-order valence-corrected chi connectivity index (χ4v) is 4.57. The maximum Gasteiger partial charge on any atom is 0.318 e. The highest BCUT2D eigenvalue weighted by molar-refractivity contribution is 9.10. The van der Waals surface area contributed by atoms with Crippen LogP contribution in [0.3, 0.4) is 0 Å². The number of Topliss-reactive ketones (excluding diaryl/α,β-unsaturated/α-hetero) is 1.